The van der Waals surface area contributed by atoms with Crippen LogP contribution < -0.4 is 0 Å². The maximum Gasteiger partial charge on any atom is 0.136 e. The lowest BCUT2D eigenvalue weighted by Crippen LogP contribution is -2.38. The first-order chi connectivity index (χ1) is 7.63. The molecule has 0 spiro atoms. The minimum Gasteiger partial charge on any atom is -0.392 e. The van der Waals surface area contributed by atoms with Gasteiger partial charge in [0, 0.05) is 24.2 Å². The fourth-order valence-corrected chi connectivity index (χ4v) is 2.87. The monoisotopic (exact) mass is 224 g/mol. The number of aliphatic hydroxyl groups is 2. The molecule has 2 rings (SSSR count). The van der Waals surface area contributed by atoms with Gasteiger partial charge in [0.2, 0.25) is 0 Å². The average molecular weight is 224 g/mol. The Morgan fingerprint density at radius 3 is 2.88 bits per heavy atom. The molecule has 3 unspecified atom stereocenters. The molecule has 0 radical (unpaired) electrons. The van der Waals surface area contributed by atoms with Gasteiger partial charge >= 0.3 is 0 Å². The molecule has 0 aliphatic heterocycles. The molecule has 0 aromatic heterocycles. The first-order valence-corrected chi connectivity index (χ1v) is 6.20. The molecule has 2 aliphatic rings. The third kappa shape index (κ3) is 2.06. The van der Waals surface area contributed by atoms with Crippen molar-refractivity contribution in [1.29, 1.82) is 0 Å². The van der Waals surface area contributed by atoms with Crippen LogP contribution in [-0.2, 0) is 4.79 Å². The summed E-state index contributed by atoms with van der Waals surface area (Å²) in [5.41, 5.74) is 0. The van der Waals surface area contributed by atoms with Gasteiger partial charge in [0.25, 0.3) is 0 Å². The van der Waals surface area contributed by atoms with Crippen molar-refractivity contribution in [3.05, 3.63) is 12.2 Å². The molecule has 0 saturated heterocycles. The molecule has 3 heteroatoms. The normalized spacial score (nSPS) is 39.8. The van der Waals surface area contributed by atoms with Gasteiger partial charge < -0.3 is 10.2 Å². The molecule has 3 nitrogen and oxygen atoms in total. The molecule has 2 N–H and O–H groups in total. The zero-order valence-corrected chi connectivity index (χ0v) is 9.67. The van der Waals surface area contributed by atoms with Crippen LogP contribution in [0.5, 0.6) is 0 Å². The van der Waals surface area contributed by atoms with Crippen molar-refractivity contribution < 1.29 is 15.0 Å². The third-order valence-corrected chi connectivity index (χ3v) is 3.94. The van der Waals surface area contributed by atoms with Crippen LogP contribution >= 0.6 is 0 Å². The topological polar surface area (TPSA) is 57.5 Å². The summed E-state index contributed by atoms with van der Waals surface area (Å²) in [5.74, 6) is 0.639. The second kappa shape index (κ2) is 4.68. The number of carbonyl (C=O) groups is 1. The number of rotatable bonds is 4. The first kappa shape index (κ1) is 11.8. The fraction of sp³-hybridized carbons (Fsp3) is 0.769. The summed E-state index contributed by atoms with van der Waals surface area (Å²) in [6.45, 7) is 2.03. The van der Waals surface area contributed by atoms with Crippen LogP contribution in [0.1, 0.15) is 32.6 Å². The van der Waals surface area contributed by atoms with E-state index in [-0.39, 0.29) is 23.9 Å². The summed E-state index contributed by atoms with van der Waals surface area (Å²) in [5, 5.41) is 19.5. The molecule has 0 aromatic rings. The summed E-state index contributed by atoms with van der Waals surface area (Å²) >= 11 is 0. The van der Waals surface area contributed by atoms with Crippen molar-refractivity contribution >= 4 is 5.78 Å². The van der Waals surface area contributed by atoms with Gasteiger partial charge in [-0.05, 0) is 12.8 Å². The highest BCUT2D eigenvalue weighted by Crippen LogP contribution is 2.47. The molecule has 2 fully saturated rings. The smallest absolute Gasteiger partial charge is 0.136 e. The number of carbonyl (C=O) groups excluding carboxylic acids is 1. The lowest BCUT2D eigenvalue weighted by atomic mass is 9.74. The van der Waals surface area contributed by atoms with Gasteiger partial charge in [-0.1, -0.05) is 25.5 Å². The summed E-state index contributed by atoms with van der Waals surface area (Å²) in [6.07, 6.45) is 5.89. The number of ketones is 1. The van der Waals surface area contributed by atoms with E-state index in [1.807, 2.05) is 13.0 Å². The Labute approximate surface area is 96.2 Å². The third-order valence-electron chi connectivity index (χ3n) is 3.94. The van der Waals surface area contributed by atoms with Gasteiger partial charge in [-0.25, -0.2) is 0 Å². The van der Waals surface area contributed by atoms with Crippen molar-refractivity contribution in [3.8, 4) is 0 Å². The summed E-state index contributed by atoms with van der Waals surface area (Å²) in [6, 6.07) is 0. The van der Waals surface area contributed by atoms with Crippen LogP contribution in [-0.4, -0.2) is 28.2 Å². The predicted molar refractivity (Wildman–Crippen MR) is 60.8 cm³/mol. The lowest BCUT2D eigenvalue weighted by molar-refractivity contribution is -0.135. The highest BCUT2D eigenvalue weighted by atomic mass is 16.3. The Hall–Kier alpha value is -0.670. The van der Waals surface area contributed by atoms with Gasteiger partial charge in [-0.15, -0.1) is 0 Å². The predicted octanol–water partition coefficient (Wildman–Crippen LogP) is 1.29. The van der Waals surface area contributed by atoms with E-state index in [9.17, 15) is 15.0 Å². The Morgan fingerprint density at radius 1 is 1.56 bits per heavy atom. The summed E-state index contributed by atoms with van der Waals surface area (Å²) in [4.78, 5) is 11.3. The van der Waals surface area contributed by atoms with Crippen molar-refractivity contribution in [2.75, 3.05) is 0 Å². The highest BCUT2D eigenvalue weighted by Gasteiger charge is 2.51. The molecular formula is C13H20O3. The minimum atomic E-state index is -0.411. The van der Waals surface area contributed by atoms with E-state index in [0.29, 0.717) is 12.2 Å². The van der Waals surface area contributed by atoms with E-state index in [4.69, 9.17) is 0 Å². The average Bonchev–Trinajstić information content (AvgIpc) is 2.49. The number of fused-ring (bicyclic) bond motifs is 1. The van der Waals surface area contributed by atoms with Gasteiger partial charge in [-0.2, -0.15) is 0 Å². The molecule has 5 atom stereocenters. The molecule has 0 bridgehead atoms. The molecular weight excluding hydrogens is 204 g/mol. The van der Waals surface area contributed by atoms with Crippen molar-refractivity contribution in [1.82, 2.24) is 0 Å². The van der Waals surface area contributed by atoms with Crippen molar-refractivity contribution in [2.45, 2.75) is 44.8 Å². The standard InChI is InChI=1S/C13H20O3/c1-2-3-9(14)5-4-8-6-10-11(13(8)16)7-12(10)15/h4-5,8-11,13-14,16H,2-3,6-7H2,1H3/t8?,9?,10-,11+,13?/m0/s1. The van der Waals surface area contributed by atoms with Gasteiger partial charge in [0.15, 0.2) is 0 Å². The Morgan fingerprint density at radius 2 is 2.31 bits per heavy atom. The van der Waals surface area contributed by atoms with E-state index in [2.05, 4.69) is 0 Å². The zero-order valence-electron chi connectivity index (χ0n) is 9.67. The highest BCUT2D eigenvalue weighted by molar-refractivity contribution is 5.88. The van der Waals surface area contributed by atoms with Gasteiger partial charge in [-0.3, -0.25) is 4.79 Å². The second-order valence-corrected chi connectivity index (χ2v) is 5.07. The molecule has 2 aliphatic carbocycles. The van der Waals surface area contributed by atoms with Crippen LogP contribution in [0, 0.1) is 17.8 Å². The maximum absolute atomic E-state index is 11.3. The van der Waals surface area contributed by atoms with Crippen molar-refractivity contribution in [2.24, 2.45) is 17.8 Å². The number of hydrogen-bond acceptors (Lipinski definition) is 3. The van der Waals surface area contributed by atoms with Gasteiger partial charge in [0.1, 0.15) is 5.78 Å². The molecule has 0 aromatic carbocycles. The molecule has 0 heterocycles. The Bertz CT molecular complexity index is 298. The Kier molecular flexibility index (Phi) is 3.45. The van der Waals surface area contributed by atoms with Crippen LogP contribution in [0.2, 0.25) is 0 Å². The minimum absolute atomic E-state index is 0.0629. The van der Waals surface area contributed by atoms with Crippen LogP contribution in [0.25, 0.3) is 0 Å². The summed E-state index contributed by atoms with van der Waals surface area (Å²) < 4.78 is 0. The lowest BCUT2D eigenvalue weighted by Gasteiger charge is -2.30. The molecule has 2 saturated carbocycles. The zero-order chi connectivity index (χ0) is 11.7. The maximum atomic E-state index is 11.3. The van der Waals surface area contributed by atoms with Crippen LogP contribution in [0.4, 0.5) is 0 Å². The number of Topliss-reactive ketones (excluding diaryl/α,β-unsaturated/α-hetero) is 1. The number of hydrogen-bond donors (Lipinski definition) is 2. The quantitative estimate of drug-likeness (QED) is 0.707. The first-order valence-electron chi connectivity index (χ1n) is 6.20. The SMILES string of the molecule is CCCC(O)C=CC1C[C@@H]2C(=O)C[C@H]2C1O. The van der Waals surface area contributed by atoms with E-state index < -0.39 is 6.10 Å². The van der Waals surface area contributed by atoms with Crippen LogP contribution in [0.3, 0.4) is 0 Å². The number of aliphatic hydroxyl groups excluding tert-OH is 2. The molecule has 90 valence electrons. The van der Waals surface area contributed by atoms with E-state index in [1.165, 1.54) is 0 Å². The Balaban J connectivity index is 1.89. The van der Waals surface area contributed by atoms with E-state index in [1.54, 1.807) is 6.08 Å². The molecule has 0 amide bonds. The fourth-order valence-electron chi connectivity index (χ4n) is 2.87. The second-order valence-electron chi connectivity index (χ2n) is 5.07. The summed E-state index contributed by atoms with van der Waals surface area (Å²) in [7, 11) is 0. The van der Waals surface area contributed by atoms with E-state index >= 15 is 0 Å². The van der Waals surface area contributed by atoms with Gasteiger partial charge in [0.05, 0.1) is 12.2 Å². The van der Waals surface area contributed by atoms with E-state index in [0.717, 1.165) is 19.3 Å². The van der Waals surface area contributed by atoms with Crippen LogP contribution in [0.15, 0.2) is 12.2 Å². The molecule has 16 heavy (non-hydrogen) atoms. The van der Waals surface area contributed by atoms with Crippen molar-refractivity contribution in [3.63, 3.8) is 0 Å². The largest absolute Gasteiger partial charge is 0.392 e.